The van der Waals surface area contributed by atoms with E-state index in [0.717, 1.165) is 25.9 Å². The number of rotatable bonds is 5. The Bertz CT molecular complexity index is 814. The lowest BCUT2D eigenvalue weighted by molar-refractivity contribution is 0.0929. The van der Waals surface area contributed by atoms with Crippen LogP contribution in [0, 0.1) is 0 Å². The number of amides is 1. The minimum atomic E-state index is -3.67. The lowest BCUT2D eigenvalue weighted by Crippen LogP contribution is -2.42. The second-order valence-electron chi connectivity index (χ2n) is 5.99. The number of benzene rings is 2. The van der Waals surface area contributed by atoms with E-state index in [0.29, 0.717) is 11.3 Å². The molecule has 1 heterocycles. The third kappa shape index (κ3) is 4.58. The Hall–Kier alpha value is -2.38. The van der Waals surface area contributed by atoms with Gasteiger partial charge in [0.2, 0.25) is 0 Å². The van der Waals surface area contributed by atoms with Crippen molar-refractivity contribution in [2.45, 2.75) is 23.8 Å². The summed E-state index contributed by atoms with van der Waals surface area (Å²) >= 11 is 0. The molecule has 0 spiro atoms. The van der Waals surface area contributed by atoms with Crippen molar-refractivity contribution in [3.8, 4) is 0 Å². The molecule has 0 unspecified atom stereocenters. The zero-order valence-corrected chi connectivity index (χ0v) is 14.6. The summed E-state index contributed by atoms with van der Waals surface area (Å²) in [6, 6.07) is 14.8. The van der Waals surface area contributed by atoms with Gasteiger partial charge in [0.05, 0.1) is 4.90 Å². The van der Waals surface area contributed by atoms with Crippen molar-refractivity contribution in [2.24, 2.45) is 0 Å². The summed E-state index contributed by atoms with van der Waals surface area (Å²) in [5.74, 6) is -0.174. The van der Waals surface area contributed by atoms with Gasteiger partial charge in [0.1, 0.15) is 0 Å². The van der Waals surface area contributed by atoms with Crippen molar-refractivity contribution in [2.75, 3.05) is 17.8 Å². The average Bonchev–Trinajstić information content (AvgIpc) is 2.63. The van der Waals surface area contributed by atoms with Crippen LogP contribution in [0.25, 0.3) is 0 Å². The predicted octanol–water partition coefficient (Wildman–Crippen LogP) is 1.97. The highest BCUT2D eigenvalue weighted by atomic mass is 32.2. The van der Waals surface area contributed by atoms with Gasteiger partial charge >= 0.3 is 0 Å². The summed E-state index contributed by atoms with van der Waals surface area (Å²) in [6.07, 6.45) is 1.80. The molecule has 0 aromatic heterocycles. The number of piperidine rings is 1. The molecule has 1 saturated heterocycles. The topological polar surface area (TPSA) is 87.3 Å². The highest BCUT2D eigenvalue weighted by molar-refractivity contribution is 7.92. The zero-order valence-electron chi connectivity index (χ0n) is 13.7. The van der Waals surface area contributed by atoms with Crippen LogP contribution in [0.4, 0.5) is 5.69 Å². The Balaban J connectivity index is 1.67. The number of sulfonamides is 1. The first kappa shape index (κ1) is 17.4. The van der Waals surface area contributed by atoms with Crippen LogP contribution in [0.5, 0.6) is 0 Å². The molecule has 3 N–H and O–H groups in total. The first-order chi connectivity index (χ1) is 12.0. The van der Waals surface area contributed by atoms with Crippen molar-refractivity contribution in [3.63, 3.8) is 0 Å². The number of nitrogens with one attached hydrogen (secondary N) is 3. The van der Waals surface area contributed by atoms with E-state index >= 15 is 0 Å². The molecule has 1 fully saturated rings. The van der Waals surface area contributed by atoms with Crippen molar-refractivity contribution in [1.82, 2.24) is 10.6 Å². The second-order valence-corrected chi connectivity index (χ2v) is 7.68. The van der Waals surface area contributed by atoms with E-state index in [2.05, 4.69) is 15.4 Å². The average molecular weight is 359 g/mol. The molecular weight excluding hydrogens is 338 g/mol. The number of hydrogen-bond acceptors (Lipinski definition) is 4. The molecule has 132 valence electrons. The Morgan fingerprint density at radius 2 is 1.60 bits per heavy atom. The normalized spacial score (nSPS) is 15.5. The summed E-state index contributed by atoms with van der Waals surface area (Å²) in [4.78, 5) is 12.4. The number of anilines is 1. The summed E-state index contributed by atoms with van der Waals surface area (Å²) < 4.78 is 27.3. The van der Waals surface area contributed by atoms with Crippen molar-refractivity contribution >= 4 is 21.6 Å². The van der Waals surface area contributed by atoms with Gasteiger partial charge in [-0.2, -0.15) is 0 Å². The molecule has 0 bridgehead atoms. The lowest BCUT2D eigenvalue weighted by atomic mass is 10.1. The van der Waals surface area contributed by atoms with Gasteiger partial charge in [-0.1, -0.05) is 18.2 Å². The maximum Gasteiger partial charge on any atom is 0.261 e. The fourth-order valence-electron chi connectivity index (χ4n) is 2.74. The summed E-state index contributed by atoms with van der Waals surface area (Å²) in [5.41, 5.74) is 0.951. The number of hydrogen-bond donors (Lipinski definition) is 3. The van der Waals surface area contributed by atoms with Crippen LogP contribution in [0.1, 0.15) is 23.2 Å². The molecule has 2 aromatic carbocycles. The van der Waals surface area contributed by atoms with Gasteiger partial charge in [-0.3, -0.25) is 9.52 Å². The third-order valence-corrected chi connectivity index (χ3v) is 5.52. The number of carbonyl (C=O) groups is 1. The van der Waals surface area contributed by atoms with E-state index in [1.807, 2.05) is 6.07 Å². The zero-order chi connectivity index (χ0) is 17.7. The van der Waals surface area contributed by atoms with E-state index < -0.39 is 10.0 Å². The van der Waals surface area contributed by atoms with Crippen molar-refractivity contribution in [1.29, 1.82) is 0 Å². The first-order valence-electron chi connectivity index (χ1n) is 8.24. The van der Waals surface area contributed by atoms with Gasteiger partial charge in [0, 0.05) is 17.3 Å². The molecule has 2 aromatic rings. The molecule has 25 heavy (non-hydrogen) atoms. The monoisotopic (exact) mass is 359 g/mol. The molecule has 1 amide bonds. The summed E-state index contributed by atoms with van der Waals surface area (Å²) in [6.45, 7) is 1.79. The maximum absolute atomic E-state index is 12.4. The molecule has 1 aliphatic heterocycles. The SMILES string of the molecule is O=C(NC1CCNCC1)c1ccc(S(=O)(=O)Nc2ccccc2)cc1. The Morgan fingerprint density at radius 1 is 0.960 bits per heavy atom. The molecule has 6 nitrogen and oxygen atoms in total. The lowest BCUT2D eigenvalue weighted by Gasteiger charge is -2.23. The molecule has 1 aliphatic rings. The Kier molecular flexibility index (Phi) is 5.35. The van der Waals surface area contributed by atoms with Crippen LogP contribution in [0.3, 0.4) is 0 Å². The van der Waals surface area contributed by atoms with Gasteiger partial charge < -0.3 is 10.6 Å². The molecule has 3 rings (SSSR count). The van der Waals surface area contributed by atoms with Crippen LogP contribution in [-0.2, 0) is 10.0 Å². The largest absolute Gasteiger partial charge is 0.349 e. The standard InChI is InChI=1S/C18H21N3O3S/c22-18(20-15-10-12-19-13-11-15)14-6-8-17(9-7-14)25(23,24)21-16-4-2-1-3-5-16/h1-9,15,19,21H,10-13H2,(H,20,22). The van der Waals surface area contributed by atoms with E-state index in [1.54, 1.807) is 24.3 Å². The molecule has 0 saturated carbocycles. The quantitative estimate of drug-likeness (QED) is 0.762. The third-order valence-electron chi connectivity index (χ3n) is 4.13. The highest BCUT2D eigenvalue weighted by Gasteiger charge is 2.18. The fraction of sp³-hybridized carbons (Fsp3) is 0.278. The van der Waals surface area contributed by atoms with E-state index in [4.69, 9.17) is 0 Å². The van der Waals surface area contributed by atoms with Crippen molar-refractivity contribution in [3.05, 3.63) is 60.2 Å². The molecule has 0 atom stereocenters. The van der Waals surface area contributed by atoms with E-state index in [-0.39, 0.29) is 16.8 Å². The van der Waals surface area contributed by atoms with Gasteiger partial charge in [0.25, 0.3) is 15.9 Å². The molecule has 0 aliphatic carbocycles. The smallest absolute Gasteiger partial charge is 0.261 e. The fourth-order valence-corrected chi connectivity index (χ4v) is 3.80. The number of carbonyl (C=O) groups excluding carboxylic acids is 1. The number of para-hydroxylation sites is 1. The van der Waals surface area contributed by atoms with Crippen LogP contribution >= 0.6 is 0 Å². The van der Waals surface area contributed by atoms with Crippen molar-refractivity contribution < 1.29 is 13.2 Å². The Morgan fingerprint density at radius 3 is 2.24 bits per heavy atom. The highest BCUT2D eigenvalue weighted by Crippen LogP contribution is 2.16. The van der Waals surface area contributed by atoms with E-state index in [9.17, 15) is 13.2 Å². The van der Waals surface area contributed by atoms with Crippen LogP contribution in [0.15, 0.2) is 59.5 Å². The molecular formula is C18H21N3O3S. The maximum atomic E-state index is 12.4. The molecule has 7 heteroatoms. The van der Waals surface area contributed by atoms with E-state index in [1.165, 1.54) is 24.3 Å². The van der Waals surface area contributed by atoms with Crippen LogP contribution in [-0.4, -0.2) is 33.5 Å². The Labute approximate surface area is 147 Å². The van der Waals surface area contributed by atoms with Crippen LogP contribution < -0.4 is 15.4 Å². The van der Waals surface area contributed by atoms with Gasteiger partial charge in [-0.25, -0.2) is 8.42 Å². The van der Waals surface area contributed by atoms with Gasteiger partial charge in [0.15, 0.2) is 0 Å². The van der Waals surface area contributed by atoms with Crippen LogP contribution in [0.2, 0.25) is 0 Å². The molecule has 0 radical (unpaired) electrons. The second kappa shape index (κ2) is 7.67. The minimum absolute atomic E-state index is 0.120. The summed E-state index contributed by atoms with van der Waals surface area (Å²) in [7, 11) is -3.67. The van der Waals surface area contributed by atoms with Gasteiger partial charge in [-0.15, -0.1) is 0 Å². The minimum Gasteiger partial charge on any atom is -0.349 e. The van der Waals surface area contributed by atoms with Gasteiger partial charge in [-0.05, 0) is 62.3 Å². The predicted molar refractivity (Wildman–Crippen MR) is 97.1 cm³/mol. The first-order valence-corrected chi connectivity index (χ1v) is 9.72. The summed E-state index contributed by atoms with van der Waals surface area (Å²) in [5, 5.41) is 6.24.